The summed E-state index contributed by atoms with van der Waals surface area (Å²) in [5.74, 6) is -18.1. The van der Waals surface area contributed by atoms with Gasteiger partial charge in [0.15, 0.2) is 23.2 Å². The lowest BCUT2D eigenvalue weighted by Crippen LogP contribution is -2.31. The van der Waals surface area contributed by atoms with E-state index in [0.717, 1.165) is 46.2 Å². The van der Waals surface area contributed by atoms with Crippen molar-refractivity contribution in [3.63, 3.8) is 0 Å². The molecule has 0 radical (unpaired) electrons. The number of sulfonamides is 2. The van der Waals surface area contributed by atoms with E-state index in [9.17, 15) is 129 Å². The molecule has 53 heteroatoms. The first-order chi connectivity index (χ1) is 63.7. The van der Waals surface area contributed by atoms with E-state index in [4.69, 9.17) is 54.3 Å². The number of carboxylic acid groups (broad SMARTS) is 4. The molecule has 0 atom stereocenters. The number of nitrogens with zero attached hydrogens (tertiary/aromatic N) is 6. The number of esters is 1. The van der Waals surface area contributed by atoms with Crippen LogP contribution in [0.25, 0.3) is 0 Å². The number of carboxylic acids is 4. The lowest BCUT2D eigenvalue weighted by atomic mass is 10.1. The number of anilines is 2. The molecule has 137 heavy (non-hydrogen) atoms. The van der Waals surface area contributed by atoms with Gasteiger partial charge in [0.05, 0.1) is 110 Å². The Hall–Kier alpha value is -14.6. The maximum atomic E-state index is 15.3. The van der Waals surface area contributed by atoms with Gasteiger partial charge < -0.3 is 59.1 Å². The van der Waals surface area contributed by atoms with E-state index in [0.29, 0.717) is 123 Å². The Morgan fingerprint density at radius 1 is 0.394 bits per heavy atom. The van der Waals surface area contributed by atoms with Gasteiger partial charge in [-0.1, -0.05) is 30.3 Å². The third kappa shape index (κ3) is 32.0. The van der Waals surface area contributed by atoms with Gasteiger partial charge in [0.25, 0.3) is 20.0 Å². The molecule has 0 bridgehead atoms. The molecule has 734 valence electrons. The van der Waals surface area contributed by atoms with Crippen LogP contribution in [0.1, 0.15) is 109 Å². The van der Waals surface area contributed by atoms with Gasteiger partial charge in [0.1, 0.15) is 80.2 Å². The van der Waals surface area contributed by atoms with E-state index in [2.05, 4.69) is 23.5 Å². The smallest absolute Gasteiger partial charge is 0.416 e. The number of carbonyl (C=O) groups is 5. The van der Waals surface area contributed by atoms with Crippen molar-refractivity contribution in [3.8, 4) is 40.2 Å². The van der Waals surface area contributed by atoms with Crippen LogP contribution in [0.3, 0.4) is 0 Å². The molecule has 2 aromatic heterocycles. The monoisotopic (exact) mass is 2040 g/mol. The number of rotatable bonds is 23. The molecule has 0 saturated heterocycles. The molecule has 0 aliphatic heterocycles. The predicted molar refractivity (Wildman–Crippen MR) is 438 cm³/mol. The average Bonchev–Trinajstić information content (AvgIpc) is 1.77. The number of alkyl halides is 15. The number of aryl methyl sites for hydroxylation is 1. The molecule has 0 saturated carbocycles. The van der Waals surface area contributed by atoms with Gasteiger partial charge in [-0.05, 0) is 140 Å². The lowest BCUT2D eigenvalue weighted by molar-refractivity contribution is -0.138. The molecule has 0 fully saturated rings. The molecule has 0 spiro atoms. The van der Waals surface area contributed by atoms with E-state index in [1.165, 1.54) is 66.6 Å². The van der Waals surface area contributed by atoms with E-state index in [1.54, 1.807) is 18.2 Å². The van der Waals surface area contributed by atoms with Gasteiger partial charge in [-0.3, -0.25) is 0 Å². The maximum absolute atomic E-state index is 15.3. The third-order valence-electron chi connectivity index (χ3n) is 16.9. The number of ether oxygens (including phenoxy) is 6. The molecular formula is C84H64F22N6O21S4. The van der Waals surface area contributed by atoms with Crippen LogP contribution < -0.4 is 32.3 Å². The minimum absolute atomic E-state index is 0.0106. The summed E-state index contributed by atoms with van der Waals surface area (Å²) in [5.41, 5.74) is -7.08. The van der Waals surface area contributed by atoms with Crippen molar-refractivity contribution in [2.75, 3.05) is 43.7 Å². The number of carbonyl (C=O) groups excluding carboxylic acids is 1. The molecule has 12 rings (SSSR count). The second kappa shape index (κ2) is 47.5. The molecule has 0 aliphatic rings. The number of hydrogen-bond acceptors (Lipinski definition) is 23. The van der Waals surface area contributed by atoms with Crippen LogP contribution in [0, 0.1) is 47.6 Å². The zero-order valence-corrected chi connectivity index (χ0v) is 73.0. The number of aromatic hydroxyl groups is 1. The first-order valence-corrected chi connectivity index (χ1v) is 41.3. The molecule has 10 aromatic carbocycles. The highest BCUT2D eigenvalue weighted by Crippen LogP contribution is 2.41. The number of hydrogen-bond donors (Lipinski definition) is 6. The van der Waals surface area contributed by atoms with Gasteiger partial charge in [0, 0.05) is 70.6 Å². The summed E-state index contributed by atoms with van der Waals surface area (Å²) in [4.78, 5) is 59.1. The van der Waals surface area contributed by atoms with Crippen molar-refractivity contribution in [2.24, 2.45) is 0 Å². The van der Waals surface area contributed by atoms with Crippen molar-refractivity contribution >= 4 is 83.2 Å². The van der Waals surface area contributed by atoms with Crippen LogP contribution in [0.5, 0.6) is 40.2 Å². The van der Waals surface area contributed by atoms with Crippen molar-refractivity contribution in [1.29, 1.82) is 0 Å². The largest absolute Gasteiger partial charge is 0.508 e. The summed E-state index contributed by atoms with van der Waals surface area (Å²) < 4.78 is 375. The molecule has 0 unspecified atom stereocenters. The number of aliphatic hydroxyl groups is 1. The maximum Gasteiger partial charge on any atom is 0.416 e. The fraction of sp³-hybridized carbons (Fsp3) is 0.179. The fourth-order valence-corrected chi connectivity index (χ4v) is 15.0. The van der Waals surface area contributed by atoms with E-state index in [1.807, 2.05) is 30.3 Å². The first kappa shape index (κ1) is 111. The summed E-state index contributed by atoms with van der Waals surface area (Å²) >= 11 is 1.39. The molecule has 0 aliphatic carbocycles. The Labute approximate surface area is 766 Å². The van der Waals surface area contributed by atoms with E-state index in [-0.39, 0.29) is 65.1 Å². The molecule has 2 heterocycles. The van der Waals surface area contributed by atoms with Gasteiger partial charge in [-0.2, -0.15) is 74.6 Å². The number of phenolic OH excluding ortho intramolecular Hbond substituents is 1. The second-order valence-corrected chi connectivity index (χ2v) is 31.7. The Morgan fingerprint density at radius 3 is 1.15 bits per heavy atom. The number of aromatic nitrogens is 4. The van der Waals surface area contributed by atoms with Crippen molar-refractivity contribution in [2.45, 2.75) is 74.2 Å². The van der Waals surface area contributed by atoms with Crippen LogP contribution in [0.2, 0.25) is 0 Å². The summed E-state index contributed by atoms with van der Waals surface area (Å²) in [7, 11) is -3.96. The lowest BCUT2D eigenvalue weighted by Gasteiger charge is -2.23. The van der Waals surface area contributed by atoms with Gasteiger partial charge in [-0.25, -0.2) is 90.1 Å². The number of phenols is 1. The van der Waals surface area contributed by atoms with Crippen LogP contribution >= 0.6 is 23.1 Å². The summed E-state index contributed by atoms with van der Waals surface area (Å²) in [6.07, 6.45) is -21.4. The summed E-state index contributed by atoms with van der Waals surface area (Å²) in [5, 5.41) is 51.5. The highest BCUT2D eigenvalue weighted by Gasteiger charge is 2.39. The van der Waals surface area contributed by atoms with Crippen molar-refractivity contribution in [1.82, 2.24) is 18.7 Å². The summed E-state index contributed by atoms with van der Waals surface area (Å²) in [6.45, 7) is 2.29. The van der Waals surface area contributed by atoms with Crippen molar-refractivity contribution < 1.29 is 196 Å². The van der Waals surface area contributed by atoms with Gasteiger partial charge in [-0.15, -0.1) is 0 Å². The van der Waals surface area contributed by atoms with Crippen LogP contribution in [-0.2, 0) is 75.4 Å². The Bertz CT molecular complexity index is 6310. The number of aliphatic hydroxyl groups excluding tert-OH is 1. The number of aromatic carboxylic acids is 4. The van der Waals surface area contributed by atoms with Crippen LogP contribution in [0.4, 0.5) is 107 Å². The Kier molecular flexibility index (Phi) is 38.6. The second-order valence-electron chi connectivity index (χ2n) is 26.5. The highest BCUT2D eigenvalue weighted by molar-refractivity contribution is 7.93. The zero-order chi connectivity index (χ0) is 103. The Balaban J connectivity index is 0.000000263. The third-order valence-corrected chi connectivity index (χ3v) is 22.0. The topological polar surface area (TPSA) is 388 Å². The van der Waals surface area contributed by atoms with Crippen LogP contribution in [-0.4, -0.2) is 131 Å². The quantitative estimate of drug-likeness (QED) is 0.0197. The number of methoxy groups -OCH3 is 4. The van der Waals surface area contributed by atoms with Crippen molar-refractivity contribution in [3.05, 3.63) is 313 Å². The molecular weight excluding hydrogens is 1980 g/mol. The van der Waals surface area contributed by atoms with Gasteiger partial charge in [0.2, 0.25) is 10.3 Å². The van der Waals surface area contributed by atoms with E-state index >= 15 is 8.78 Å². The minimum Gasteiger partial charge on any atom is -0.508 e. The normalized spacial score (nSPS) is 11.3. The fourth-order valence-electron chi connectivity index (χ4n) is 10.7. The van der Waals surface area contributed by atoms with Crippen LogP contribution in [0.15, 0.2) is 204 Å². The average molecular weight is 2040 g/mol. The summed E-state index contributed by atoms with van der Waals surface area (Å²) in [6, 6.07) is 28.3. The molecule has 0 amide bonds. The highest BCUT2D eigenvalue weighted by atomic mass is 32.2. The standard InChI is InChI=1S/C25H18F5N3O7S2.C17H14F3N3O4S2.C10H8F4O2.C9H7F3O2.C8H4F4O2.C8H5F3O3.C7H8O/c1-38-16-4-3-13(20(8-16)39-2)11-33(24-31-12-32-41-24)42(36,37)22-10-18(26)21(9-19(22)27)40-17-6-14(23(34)35)5-15(7-17)25(28,29)30;1-26-11-4-3-10(15(5-11)27-2)8-23(17-21-9-22-28-17)29(24,25)16-7-13(19)12(18)6-14(16)20;1-2-16-9(15)6-3-7(10(12,13)14)5-8(11)4-6;1-5-2-6(8(13)14)4-7(3-5)9(10,11)12;9-6-2-4(7(13)14)1-5(3-6)8(10,11)12;9-8(10,11)5-1-4(7(13)14)2-6(12)3-5;8-6-7-4-2-1-3-5-7/h3-10,12H,11H2,1-2H3,(H,34,35);3-7,9H,8H2,1-2H3;3-5H,2H2,1H3;2-4H,1H3,(H,13,14);1-3H,(H,13,14);1-3,12H,(H,13,14);1-5,8H,6H2. The first-order valence-electron chi connectivity index (χ1n) is 36.9. The van der Waals surface area contributed by atoms with Gasteiger partial charge >= 0.3 is 60.7 Å². The number of halogens is 22. The number of benzene rings is 10. The SMILES string of the molecule is CCOC(=O)c1cc(F)cc(C(F)(F)F)c1.COc1ccc(CN(c2ncns2)S(=O)(=O)c2cc(F)c(F)cc2F)c(OC)c1.COc1ccc(CN(c2ncns2)S(=O)(=O)c2cc(F)c(Oc3cc(C(=O)O)cc(C(F)(F)F)c3)cc2F)c(OC)c1.Cc1cc(C(=O)O)cc(C(F)(F)F)c1.O=C(O)c1cc(F)cc(C(F)(F)F)c1.O=C(O)c1cc(O)cc(C(F)(F)F)c1.OCc1ccccc1. The zero-order valence-electron chi connectivity index (χ0n) is 69.7. The minimum atomic E-state index is -4.98. The molecule has 27 nitrogen and oxygen atoms in total. The molecule has 12 aromatic rings. The Morgan fingerprint density at radius 2 is 0.766 bits per heavy atom. The molecule has 6 N–H and O–H groups in total. The predicted octanol–water partition coefficient (Wildman–Crippen LogP) is 20.7. The van der Waals surface area contributed by atoms with E-state index < -0.39 is 205 Å².